The SMILES string of the molecule is COC(=O)N[C@H]1CCC[C@@H]1[C@](CN1CCC1)(c1cccc(F)c1)C1CCN(CC2(OC)CN(c3ccc(C#N)c(C(=O)N(C)C)c3)C2)CC1. The van der Waals surface area contributed by atoms with Crippen molar-refractivity contribution in [2.45, 2.75) is 55.6 Å². The van der Waals surface area contributed by atoms with E-state index in [1.54, 1.807) is 33.3 Å². The number of halogens is 1. The molecule has 3 heterocycles. The Labute approximate surface area is 290 Å². The van der Waals surface area contributed by atoms with E-state index in [2.05, 4.69) is 32.2 Å². The Morgan fingerprint density at radius 1 is 1.02 bits per heavy atom. The predicted molar refractivity (Wildman–Crippen MR) is 186 cm³/mol. The second kappa shape index (κ2) is 14.6. The zero-order valence-corrected chi connectivity index (χ0v) is 29.4. The molecule has 0 radical (unpaired) electrons. The molecule has 6 rings (SSSR count). The summed E-state index contributed by atoms with van der Waals surface area (Å²) >= 11 is 0. The summed E-state index contributed by atoms with van der Waals surface area (Å²) < 4.78 is 26.2. The average Bonchev–Trinajstić information content (AvgIpc) is 3.53. The topological polar surface area (TPSA) is 101 Å². The van der Waals surface area contributed by atoms with Crippen LogP contribution in [0.25, 0.3) is 0 Å². The third-order valence-electron chi connectivity index (χ3n) is 11.8. The van der Waals surface area contributed by atoms with Crippen molar-refractivity contribution < 1.29 is 23.5 Å². The van der Waals surface area contributed by atoms with Gasteiger partial charge in [0.25, 0.3) is 5.91 Å². The van der Waals surface area contributed by atoms with Crippen LogP contribution in [-0.2, 0) is 14.9 Å². The third-order valence-corrected chi connectivity index (χ3v) is 11.8. The number of carbonyl (C=O) groups is 2. The van der Waals surface area contributed by atoms with Gasteiger partial charge in [-0.05, 0) is 106 Å². The van der Waals surface area contributed by atoms with Crippen LogP contribution >= 0.6 is 0 Å². The van der Waals surface area contributed by atoms with Gasteiger partial charge in [0.2, 0.25) is 0 Å². The van der Waals surface area contributed by atoms with E-state index in [0.29, 0.717) is 30.1 Å². The highest BCUT2D eigenvalue weighted by molar-refractivity contribution is 5.97. The average molecular weight is 675 g/mol. The summed E-state index contributed by atoms with van der Waals surface area (Å²) in [6, 6.07) is 14.8. The second-order valence-electron chi connectivity index (χ2n) is 14.8. The summed E-state index contributed by atoms with van der Waals surface area (Å²) in [5.74, 6) is 0.0929. The molecular formula is C38H51FN6O4. The maximum Gasteiger partial charge on any atom is 0.407 e. The monoisotopic (exact) mass is 674 g/mol. The predicted octanol–water partition coefficient (Wildman–Crippen LogP) is 4.48. The van der Waals surface area contributed by atoms with Gasteiger partial charge in [0.05, 0.1) is 37.4 Å². The highest BCUT2D eigenvalue weighted by atomic mass is 19.1. The first-order valence-corrected chi connectivity index (χ1v) is 17.7. The van der Waals surface area contributed by atoms with Gasteiger partial charge in [-0.1, -0.05) is 18.6 Å². The second-order valence-corrected chi connectivity index (χ2v) is 14.8. The van der Waals surface area contributed by atoms with E-state index in [4.69, 9.17) is 9.47 Å². The Kier molecular flexibility index (Phi) is 10.5. The van der Waals surface area contributed by atoms with Crippen molar-refractivity contribution in [1.82, 2.24) is 20.0 Å². The zero-order chi connectivity index (χ0) is 34.8. The summed E-state index contributed by atoms with van der Waals surface area (Å²) in [7, 11) is 6.58. The number of methoxy groups -OCH3 is 2. The Bertz CT molecular complexity index is 1540. The van der Waals surface area contributed by atoms with Crippen molar-refractivity contribution in [3.63, 3.8) is 0 Å². The van der Waals surface area contributed by atoms with E-state index >= 15 is 4.39 Å². The number of rotatable bonds is 11. The fraction of sp³-hybridized carbons (Fsp3) is 0.605. The molecule has 0 spiro atoms. The fourth-order valence-corrected chi connectivity index (χ4v) is 9.12. The molecular weight excluding hydrogens is 623 g/mol. The molecule has 1 aliphatic carbocycles. The van der Waals surface area contributed by atoms with Gasteiger partial charge in [-0.3, -0.25) is 4.79 Å². The number of anilines is 1. The van der Waals surface area contributed by atoms with Crippen LogP contribution in [0.5, 0.6) is 0 Å². The van der Waals surface area contributed by atoms with Crippen LogP contribution in [0, 0.1) is 29.0 Å². The number of piperidine rings is 1. The number of carbonyl (C=O) groups excluding carboxylic acids is 2. The number of nitrogens with zero attached hydrogens (tertiary/aromatic N) is 5. The van der Waals surface area contributed by atoms with E-state index in [1.807, 2.05) is 18.2 Å². The van der Waals surface area contributed by atoms with Crippen LogP contribution in [0.4, 0.5) is 14.9 Å². The molecule has 3 aliphatic heterocycles. The van der Waals surface area contributed by atoms with E-state index in [0.717, 1.165) is 82.6 Å². The lowest BCUT2D eigenvalue weighted by molar-refractivity contribution is -0.0657. The number of hydrogen-bond acceptors (Lipinski definition) is 8. The van der Waals surface area contributed by atoms with Gasteiger partial charge in [-0.2, -0.15) is 5.26 Å². The molecule has 264 valence electrons. The van der Waals surface area contributed by atoms with E-state index < -0.39 is 6.09 Å². The first kappa shape index (κ1) is 35.1. The van der Waals surface area contributed by atoms with Gasteiger partial charge in [0.15, 0.2) is 0 Å². The van der Waals surface area contributed by atoms with Crippen molar-refractivity contribution >= 4 is 17.7 Å². The third kappa shape index (κ3) is 7.01. The Balaban J connectivity index is 1.19. The van der Waals surface area contributed by atoms with Gasteiger partial charge < -0.3 is 34.4 Å². The van der Waals surface area contributed by atoms with Gasteiger partial charge in [-0.25, -0.2) is 9.18 Å². The maximum atomic E-state index is 15.0. The molecule has 0 aromatic heterocycles. The van der Waals surface area contributed by atoms with Crippen LogP contribution in [0.1, 0.15) is 60.0 Å². The highest BCUT2D eigenvalue weighted by Crippen LogP contribution is 2.51. The lowest BCUT2D eigenvalue weighted by atomic mass is 9.57. The molecule has 0 bridgehead atoms. The van der Waals surface area contributed by atoms with Crippen molar-refractivity contribution in [1.29, 1.82) is 5.26 Å². The van der Waals surface area contributed by atoms with E-state index in [1.165, 1.54) is 24.5 Å². The molecule has 4 fully saturated rings. The largest absolute Gasteiger partial charge is 0.453 e. The highest BCUT2D eigenvalue weighted by Gasteiger charge is 2.54. The van der Waals surface area contributed by atoms with Crippen molar-refractivity contribution in [3.05, 3.63) is 65.0 Å². The number of ether oxygens (including phenoxy) is 2. The quantitative estimate of drug-likeness (QED) is 0.373. The Hall–Kier alpha value is -3.72. The zero-order valence-electron chi connectivity index (χ0n) is 29.4. The molecule has 49 heavy (non-hydrogen) atoms. The van der Waals surface area contributed by atoms with Crippen LogP contribution < -0.4 is 10.2 Å². The summed E-state index contributed by atoms with van der Waals surface area (Å²) in [6.07, 6.45) is 5.63. The summed E-state index contributed by atoms with van der Waals surface area (Å²) in [6.45, 7) is 6.96. The first-order valence-electron chi connectivity index (χ1n) is 17.7. The molecule has 3 atom stereocenters. The van der Waals surface area contributed by atoms with Gasteiger partial charge in [-0.15, -0.1) is 0 Å². The van der Waals surface area contributed by atoms with Crippen LogP contribution in [-0.4, -0.2) is 119 Å². The summed E-state index contributed by atoms with van der Waals surface area (Å²) in [5, 5.41) is 12.8. The molecule has 2 amide bonds. The number of hydrogen-bond donors (Lipinski definition) is 1. The Morgan fingerprint density at radius 2 is 1.78 bits per heavy atom. The van der Waals surface area contributed by atoms with Gasteiger partial charge in [0, 0.05) is 51.4 Å². The molecule has 10 nitrogen and oxygen atoms in total. The normalized spacial score (nSPS) is 23.9. The molecule has 11 heteroatoms. The van der Waals surface area contributed by atoms with Gasteiger partial charge in [0.1, 0.15) is 11.4 Å². The number of nitriles is 1. The number of benzene rings is 2. The molecule has 1 saturated carbocycles. The van der Waals surface area contributed by atoms with Crippen molar-refractivity contribution in [3.8, 4) is 6.07 Å². The minimum absolute atomic E-state index is 0.0245. The number of alkyl carbamates (subject to hydrolysis) is 1. The smallest absolute Gasteiger partial charge is 0.407 e. The summed E-state index contributed by atoms with van der Waals surface area (Å²) in [4.78, 5) is 34.0. The van der Waals surface area contributed by atoms with E-state index in [-0.39, 0.29) is 34.7 Å². The van der Waals surface area contributed by atoms with Crippen molar-refractivity contribution in [2.24, 2.45) is 11.8 Å². The summed E-state index contributed by atoms with van der Waals surface area (Å²) in [5.41, 5.74) is 2.10. The standard InChI is InChI=1S/C38H51FN6O4/c1-42(2)35(46)32-21-31(13-12-27(32)22-40)45-24-37(25-45,49-4)23-44-18-14-28(15-19-44)38(26-43-16-7-17-43,29-8-5-9-30(39)20-29)33-10-6-11-34(33)41-36(47)48-3/h5,8-9,12-13,20-21,28,33-34H,6-7,10-11,14-19,23-26H2,1-4H3,(H,41,47)/t33-,34-,38-/m0/s1. The Morgan fingerprint density at radius 3 is 2.39 bits per heavy atom. The van der Waals surface area contributed by atoms with Crippen molar-refractivity contribution in [2.75, 3.05) is 85.6 Å². The first-order chi connectivity index (χ1) is 23.6. The fourth-order valence-electron chi connectivity index (χ4n) is 9.12. The maximum absolute atomic E-state index is 15.0. The lowest BCUT2D eigenvalue weighted by Gasteiger charge is -2.55. The van der Waals surface area contributed by atoms with Crippen LogP contribution in [0.3, 0.4) is 0 Å². The van der Waals surface area contributed by atoms with Crippen LogP contribution in [0.15, 0.2) is 42.5 Å². The molecule has 0 unspecified atom stereocenters. The van der Waals surface area contributed by atoms with E-state index in [9.17, 15) is 14.9 Å². The molecule has 2 aromatic rings. The minimum atomic E-state index is -0.398. The molecule has 3 saturated heterocycles. The molecule has 4 aliphatic rings. The number of nitrogens with one attached hydrogen (secondary N) is 1. The number of amides is 2. The van der Waals surface area contributed by atoms with Crippen LogP contribution in [0.2, 0.25) is 0 Å². The lowest BCUT2D eigenvalue weighted by Crippen LogP contribution is -2.68. The molecule has 2 aromatic carbocycles. The number of likely N-dealkylation sites (tertiary alicyclic amines) is 2. The minimum Gasteiger partial charge on any atom is -0.453 e. The molecule has 1 N–H and O–H groups in total. The van der Waals surface area contributed by atoms with Gasteiger partial charge >= 0.3 is 6.09 Å².